The van der Waals surface area contributed by atoms with Crippen molar-refractivity contribution in [3.63, 3.8) is 0 Å². The van der Waals surface area contributed by atoms with E-state index in [9.17, 15) is 9.59 Å². The minimum absolute atomic E-state index is 0.351. The summed E-state index contributed by atoms with van der Waals surface area (Å²) in [6.45, 7) is 3.97. The third-order valence-electron chi connectivity index (χ3n) is 1.83. The van der Waals surface area contributed by atoms with E-state index in [0.29, 0.717) is 17.6 Å². The molecule has 0 fully saturated rings. The molecule has 0 aliphatic rings. The van der Waals surface area contributed by atoms with Crippen molar-refractivity contribution in [3.8, 4) is 0 Å². The van der Waals surface area contributed by atoms with Crippen molar-refractivity contribution in [2.24, 2.45) is 0 Å². The van der Waals surface area contributed by atoms with E-state index in [1.165, 1.54) is 10.9 Å². The summed E-state index contributed by atoms with van der Waals surface area (Å²) < 4.78 is 1.47. The second-order valence-corrected chi connectivity index (χ2v) is 2.79. The lowest BCUT2D eigenvalue weighted by atomic mass is 10.4. The molecule has 6 heteroatoms. The second-order valence-electron chi connectivity index (χ2n) is 2.79. The van der Waals surface area contributed by atoms with Crippen molar-refractivity contribution >= 4 is 11.0 Å². The Morgan fingerprint density at radius 2 is 2.29 bits per heavy atom. The van der Waals surface area contributed by atoms with Crippen molar-refractivity contribution in [3.05, 3.63) is 39.7 Å². The van der Waals surface area contributed by atoms with Crippen LogP contribution in [0.3, 0.4) is 0 Å². The average molecular weight is 192 g/mol. The molecule has 72 valence electrons. The van der Waals surface area contributed by atoms with Gasteiger partial charge >= 0.3 is 5.69 Å². The summed E-state index contributed by atoms with van der Waals surface area (Å²) in [6.07, 6.45) is 3.06. The van der Waals surface area contributed by atoms with Crippen LogP contribution >= 0.6 is 0 Å². The minimum Gasteiger partial charge on any atom is -0.304 e. The number of aromatic amines is 2. The van der Waals surface area contributed by atoms with Crippen LogP contribution in [-0.2, 0) is 6.54 Å². The molecule has 2 aromatic rings. The number of H-pyrrole nitrogens is 2. The van der Waals surface area contributed by atoms with Crippen molar-refractivity contribution in [1.29, 1.82) is 0 Å². The lowest BCUT2D eigenvalue weighted by molar-refractivity contribution is 0.725. The van der Waals surface area contributed by atoms with Gasteiger partial charge in [-0.15, -0.1) is 6.58 Å². The van der Waals surface area contributed by atoms with Crippen LogP contribution in [0.1, 0.15) is 0 Å². The van der Waals surface area contributed by atoms with E-state index in [-0.39, 0.29) is 0 Å². The lowest BCUT2D eigenvalue weighted by Crippen LogP contribution is -2.23. The Balaban J connectivity index is 2.85. The van der Waals surface area contributed by atoms with Crippen LogP contribution in [0.25, 0.3) is 11.0 Å². The largest absolute Gasteiger partial charge is 0.326 e. The zero-order valence-corrected chi connectivity index (χ0v) is 7.28. The van der Waals surface area contributed by atoms with Crippen molar-refractivity contribution < 1.29 is 0 Å². The number of allylic oxidation sites excluding steroid dienone is 1. The quantitative estimate of drug-likeness (QED) is 0.635. The number of hydrogen-bond acceptors (Lipinski definition) is 3. The molecule has 0 bridgehead atoms. The molecule has 0 aromatic carbocycles. The molecule has 6 nitrogen and oxygen atoms in total. The Morgan fingerprint density at radius 1 is 1.50 bits per heavy atom. The number of nitrogens with one attached hydrogen (secondary N) is 2. The molecule has 2 N–H and O–H groups in total. The molecule has 0 atom stereocenters. The van der Waals surface area contributed by atoms with E-state index in [4.69, 9.17) is 0 Å². The van der Waals surface area contributed by atoms with Crippen LogP contribution in [0.15, 0.2) is 28.4 Å². The highest BCUT2D eigenvalue weighted by Gasteiger charge is 2.06. The molecule has 0 saturated heterocycles. The zero-order valence-electron chi connectivity index (χ0n) is 7.28. The summed E-state index contributed by atoms with van der Waals surface area (Å²) in [5, 5.41) is 3.94. The summed E-state index contributed by atoms with van der Waals surface area (Å²) in [5.41, 5.74) is -0.186. The second kappa shape index (κ2) is 2.99. The maximum Gasteiger partial charge on any atom is 0.326 e. The Hall–Kier alpha value is -2.11. The van der Waals surface area contributed by atoms with Gasteiger partial charge in [0.1, 0.15) is 0 Å². The van der Waals surface area contributed by atoms with Gasteiger partial charge < -0.3 is 4.98 Å². The van der Waals surface area contributed by atoms with Crippen LogP contribution in [0, 0.1) is 0 Å². The van der Waals surface area contributed by atoms with E-state index in [0.717, 1.165) is 0 Å². The summed E-state index contributed by atoms with van der Waals surface area (Å²) >= 11 is 0. The minimum atomic E-state index is -0.527. The fraction of sp³-hybridized carbons (Fsp3) is 0.125. The number of nitrogens with zero attached hydrogens (tertiary/aromatic N) is 2. The van der Waals surface area contributed by atoms with Gasteiger partial charge in [-0.3, -0.25) is 14.5 Å². The van der Waals surface area contributed by atoms with Crippen LogP contribution in [0.5, 0.6) is 0 Å². The number of hydrogen-bond donors (Lipinski definition) is 2. The van der Waals surface area contributed by atoms with Gasteiger partial charge in [0.25, 0.3) is 5.56 Å². The van der Waals surface area contributed by atoms with E-state index < -0.39 is 11.2 Å². The average Bonchev–Trinajstić information content (AvgIpc) is 2.49. The molecule has 0 saturated carbocycles. The fourth-order valence-electron chi connectivity index (χ4n) is 1.29. The van der Waals surface area contributed by atoms with Crippen molar-refractivity contribution in [2.45, 2.75) is 6.54 Å². The van der Waals surface area contributed by atoms with Crippen molar-refractivity contribution in [2.75, 3.05) is 0 Å². The summed E-state index contributed by atoms with van der Waals surface area (Å²) in [4.78, 5) is 26.9. The van der Waals surface area contributed by atoms with Crippen LogP contribution in [0.2, 0.25) is 0 Å². The standard InChI is InChI=1S/C8H8N4O2/c1-2-3-12-6-5(4-9-12)10-8(14)11-7(6)13/h2,4H,1,3H2,(H2,10,11,13,14). The van der Waals surface area contributed by atoms with Gasteiger partial charge in [0.15, 0.2) is 5.52 Å². The summed E-state index contributed by atoms with van der Waals surface area (Å²) in [5.74, 6) is 0. The summed E-state index contributed by atoms with van der Waals surface area (Å²) in [7, 11) is 0. The molecular weight excluding hydrogens is 184 g/mol. The number of fused-ring (bicyclic) bond motifs is 1. The first-order valence-corrected chi connectivity index (χ1v) is 4.01. The third kappa shape index (κ3) is 1.17. The lowest BCUT2D eigenvalue weighted by Gasteiger charge is -1.95. The van der Waals surface area contributed by atoms with E-state index in [1.807, 2.05) is 0 Å². The zero-order chi connectivity index (χ0) is 10.1. The van der Waals surface area contributed by atoms with Gasteiger partial charge in [0, 0.05) is 0 Å². The Labute approximate surface area is 77.9 Å². The molecule has 14 heavy (non-hydrogen) atoms. The Kier molecular flexibility index (Phi) is 1.81. The molecular formula is C8H8N4O2. The topological polar surface area (TPSA) is 83.5 Å². The molecule has 0 amide bonds. The van der Waals surface area contributed by atoms with Gasteiger partial charge in [-0.25, -0.2) is 4.79 Å². The van der Waals surface area contributed by atoms with E-state index >= 15 is 0 Å². The predicted molar refractivity (Wildman–Crippen MR) is 51.2 cm³/mol. The number of rotatable bonds is 2. The van der Waals surface area contributed by atoms with E-state index in [2.05, 4.69) is 21.6 Å². The Morgan fingerprint density at radius 3 is 3.00 bits per heavy atom. The maximum absolute atomic E-state index is 11.4. The van der Waals surface area contributed by atoms with Crippen LogP contribution in [-0.4, -0.2) is 19.7 Å². The van der Waals surface area contributed by atoms with Gasteiger partial charge in [-0.1, -0.05) is 6.08 Å². The first kappa shape index (κ1) is 8.49. The summed E-state index contributed by atoms with van der Waals surface area (Å²) in [6, 6.07) is 0. The van der Waals surface area contributed by atoms with Gasteiger partial charge in [0.2, 0.25) is 0 Å². The highest BCUT2D eigenvalue weighted by molar-refractivity contribution is 5.72. The molecule has 0 radical (unpaired) electrons. The van der Waals surface area contributed by atoms with Gasteiger partial charge in [-0.2, -0.15) is 5.10 Å². The highest BCUT2D eigenvalue weighted by Crippen LogP contribution is 2.02. The van der Waals surface area contributed by atoms with Crippen LogP contribution in [0.4, 0.5) is 0 Å². The smallest absolute Gasteiger partial charge is 0.304 e. The monoisotopic (exact) mass is 192 g/mol. The Bertz CT molecular complexity index is 589. The normalized spacial score (nSPS) is 10.6. The highest BCUT2D eigenvalue weighted by atomic mass is 16.2. The van der Waals surface area contributed by atoms with Crippen LogP contribution < -0.4 is 11.2 Å². The number of aromatic nitrogens is 4. The fourth-order valence-corrected chi connectivity index (χ4v) is 1.29. The molecule has 2 rings (SSSR count). The van der Waals surface area contributed by atoms with Gasteiger partial charge in [-0.05, 0) is 0 Å². The molecule has 0 spiro atoms. The van der Waals surface area contributed by atoms with Gasteiger partial charge in [0.05, 0.1) is 18.3 Å². The van der Waals surface area contributed by atoms with E-state index in [1.54, 1.807) is 6.08 Å². The maximum atomic E-state index is 11.4. The first-order valence-electron chi connectivity index (χ1n) is 4.01. The molecule has 0 unspecified atom stereocenters. The molecule has 2 aromatic heterocycles. The predicted octanol–water partition coefficient (Wildman–Crippen LogP) is -0.401. The van der Waals surface area contributed by atoms with Crippen molar-refractivity contribution in [1.82, 2.24) is 19.7 Å². The first-order chi connectivity index (χ1) is 6.72. The molecule has 0 aliphatic heterocycles. The third-order valence-corrected chi connectivity index (χ3v) is 1.83. The molecule has 0 aliphatic carbocycles. The molecule has 2 heterocycles. The SMILES string of the molecule is C=CCn1ncc2[nH]c(=O)[nH]c(=O)c21.